The minimum Gasteiger partial charge on any atom is -0.478 e. The lowest BCUT2D eigenvalue weighted by Crippen LogP contribution is -2.37. The predicted octanol–water partition coefficient (Wildman–Crippen LogP) is 4.82. The maximum atomic E-state index is 13.7. The summed E-state index contributed by atoms with van der Waals surface area (Å²) < 4.78 is 55.1. The largest absolute Gasteiger partial charge is 0.478 e. The summed E-state index contributed by atoms with van der Waals surface area (Å²) in [7, 11) is -8.98. The van der Waals surface area contributed by atoms with Crippen molar-refractivity contribution in [2.24, 2.45) is 0 Å². The van der Waals surface area contributed by atoms with E-state index in [1.165, 1.54) is 42.5 Å². The van der Waals surface area contributed by atoms with Gasteiger partial charge in [0.2, 0.25) is 0 Å². The van der Waals surface area contributed by atoms with Crippen LogP contribution in [0.1, 0.15) is 21.5 Å². The fourth-order valence-corrected chi connectivity index (χ4v) is 8.66. The Morgan fingerprint density at radius 3 is 1.97 bits per heavy atom. The number of sulfonamides is 2. The summed E-state index contributed by atoms with van der Waals surface area (Å²) in [5, 5.41) is 11.0. The Morgan fingerprint density at radius 2 is 1.31 bits per heavy atom. The monoisotopic (exact) mass is 527 g/mol. The lowest BCUT2D eigenvalue weighted by molar-refractivity contribution is 0.0695. The number of carbonyl (C=O) groups is 1. The zero-order valence-corrected chi connectivity index (χ0v) is 20.8. The maximum Gasteiger partial charge on any atom is 0.335 e. The van der Waals surface area contributed by atoms with Crippen molar-refractivity contribution in [3.05, 3.63) is 113 Å². The minimum atomic E-state index is -4.51. The smallest absolute Gasteiger partial charge is 0.335 e. The van der Waals surface area contributed by atoms with Crippen molar-refractivity contribution in [2.45, 2.75) is 21.9 Å². The summed E-state index contributed by atoms with van der Waals surface area (Å²) in [6, 6.07) is 23.2. The van der Waals surface area contributed by atoms with Gasteiger partial charge in [0.05, 0.1) is 16.1 Å². The predicted molar refractivity (Wildman–Crippen MR) is 135 cm³/mol. The molecule has 0 unspecified atom stereocenters. The van der Waals surface area contributed by atoms with E-state index in [-0.39, 0.29) is 33.2 Å². The third-order valence-electron chi connectivity index (χ3n) is 5.33. The normalized spacial score (nSPS) is 11.8. The topological polar surface area (TPSA) is 109 Å². The average Bonchev–Trinajstić information content (AvgIpc) is 3.40. The first-order valence-electron chi connectivity index (χ1n) is 10.5. The maximum absolute atomic E-state index is 13.7. The number of hydrogen-bond acceptors (Lipinski definition) is 6. The van der Waals surface area contributed by atoms with E-state index in [9.17, 15) is 26.7 Å². The van der Waals surface area contributed by atoms with Gasteiger partial charge in [-0.25, -0.2) is 13.2 Å². The number of nitrogens with zero attached hydrogens (tertiary/aromatic N) is 1. The zero-order valence-electron chi connectivity index (χ0n) is 18.3. The molecule has 180 valence electrons. The van der Waals surface area contributed by atoms with Crippen molar-refractivity contribution in [1.29, 1.82) is 0 Å². The van der Waals surface area contributed by atoms with E-state index >= 15 is 0 Å². The van der Waals surface area contributed by atoms with Crippen LogP contribution in [0.5, 0.6) is 0 Å². The number of hydrogen-bond donors (Lipinski definition) is 1. The first-order valence-corrected chi connectivity index (χ1v) is 14.3. The molecule has 35 heavy (non-hydrogen) atoms. The first-order chi connectivity index (χ1) is 16.7. The van der Waals surface area contributed by atoms with Gasteiger partial charge in [0.15, 0.2) is 0 Å². The van der Waals surface area contributed by atoms with E-state index in [1.54, 1.807) is 53.9 Å². The second-order valence-electron chi connectivity index (χ2n) is 7.54. The summed E-state index contributed by atoms with van der Waals surface area (Å²) >= 11 is 0.926. The van der Waals surface area contributed by atoms with Crippen LogP contribution in [0, 0.1) is 0 Å². The summed E-state index contributed by atoms with van der Waals surface area (Å²) in [6.45, 7) is 0. The number of carboxylic acid groups (broad SMARTS) is 1. The number of para-hydroxylation sites is 1. The molecule has 0 aliphatic carbocycles. The molecule has 0 radical (unpaired) electrons. The Balaban J connectivity index is 1.84. The molecule has 0 bridgehead atoms. The fraction of sp³-hybridized carbons (Fsp3) is 0.0800. The number of carboxylic acids is 1. The van der Waals surface area contributed by atoms with Gasteiger partial charge < -0.3 is 5.11 Å². The van der Waals surface area contributed by atoms with Gasteiger partial charge in [-0.15, -0.1) is 11.3 Å². The Labute approximate surface area is 208 Å². The number of aryl methyl sites for hydroxylation is 2. The lowest BCUT2D eigenvalue weighted by atomic mass is 9.99. The Kier molecular flexibility index (Phi) is 7.06. The molecule has 1 aromatic heterocycles. The number of thiophene rings is 1. The quantitative estimate of drug-likeness (QED) is 0.334. The van der Waals surface area contributed by atoms with Gasteiger partial charge in [0.25, 0.3) is 20.0 Å². The molecule has 0 atom stereocenters. The van der Waals surface area contributed by atoms with Crippen LogP contribution in [0.4, 0.5) is 5.69 Å². The van der Waals surface area contributed by atoms with Gasteiger partial charge in [-0.1, -0.05) is 60.7 Å². The first kappa shape index (κ1) is 24.6. The van der Waals surface area contributed by atoms with E-state index < -0.39 is 26.0 Å². The molecule has 7 nitrogen and oxygen atoms in total. The Bertz CT molecular complexity index is 1550. The van der Waals surface area contributed by atoms with E-state index in [0.717, 1.165) is 11.3 Å². The molecule has 10 heteroatoms. The molecule has 4 rings (SSSR count). The molecule has 0 fully saturated rings. The number of aromatic carboxylic acids is 1. The van der Waals surface area contributed by atoms with Gasteiger partial charge in [0.1, 0.15) is 4.21 Å². The van der Waals surface area contributed by atoms with Crippen molar-refractivity contribution < 1.29 is 26.7 Å². The molecule has 0 saturated carbocycles. The minimum absolute atomic E-state index is 0.00226. The molecule has 1 heterocycles. The van der Waals surface area contributed by atoms with Crippen molar-refractivity contribution >= 4 is 43.0 Å². The molecular formula is C25H21NO6S3. The Morgan fingerprint density at radius 1 is 0.714 bits per heavy atom. The zero-order chi connectivity index (χ0) is 25.1. The van der Waals surface area contributed by atoms with Gasteiger partial charge in [0, 0.05) is 0 Å². The highest BCUT2D eigenvalue weighted by Crippen LogP contribution is 2.35. The van der Waals surface area contributed by atoms with Crippen LogP contribution in [0.2, 0.25) is 0 Å². The average molecular weight is 528 g/mol. The number of anilines is 1. The van der Waals surface area contributed by atoms with Crippen LogP contribution >= 0.6 is 11.3 Å². The molecule has 0 spiro atoms. The molecule has 3 aromatic carbocycles. The van der Waals surface area contributed by atoms with Crippen LogP contribution < -0.4 is 3.71 Å². The van der Waals surface area contributed by atoms with Crippen LogP contribution in [0.3, 0.4) is 0 Å². The molecule has 4 aromatic rings. The summed E-state index contributed by atoms with van der Waals surface area (Å²) in [4.78, 5) is 11.4. The standard InChI is InChI=1S/C25H21NO6S3/c27-25(28)22-13-6-4-9-19(22)16-17-20-10-5-7-14-23(20)26(35(31,32)24-15-8-18-33-24)34(29,30)21-11-2-1-3-12-21/h1-15,18H,16-17H2,(H,27,28). The molecule has 0 amide bonds. The number of rotatable bonds is 9. The van der Waals surface area contributed by atoms with Crippen molar-refractivity contribution in [1.82, 2.24) is 0 Å². The van der Waals surface area contributed by atoms with E-state index in [4.69, 9.17) is 0 Å². The SMILES string of the molecule is O=C(O)c1ccccc1CCc1ccccc1N(S(=O)(=O)c1ccccc1)S(=O)(=O)c1cccs1. The van der Waals surface area contributed by atoms with E-state index in [0.29, 0.717) is 14.8 Å². The Hall–Kier alpha value is -3.47. The second kappa shape index (κ2) is 10.0. The lowest BCUT2D eigenvalue weighted by Gasteiger charge is -2.25. The van der Waals surface area contributed by atoms with Gasteiger partial charge in [-0.05, 0) is 59.7 Å². The van der Waals surface area contributed by atoms with Gasteiger partial charge >= 0.3 is 5.97 Å². The van der Waals surface area contributed by atoms with Crippen LogP contribution in [0.25, 0.3) is 0 Å². The van der Waals surface area contributed by atoms with Crippen molar-refractivity contribution in [2.75, 3.05) is 3.71 Å². The van der Waals surface area contributed by atoms with Crippen LogP contribution in [-0.4, -0.2) is 27.9 Å². The van der Waals surface area contributed by atoms with E-state index in [2.05, 4.69) is 0 Å². The molecule has 1 N–H and O–H groups in total. The van der Waals surface area contributed by atoms with Crippen molar-refractivity contribution in [3.8, 4) is 0 Å². The molecular weight excluding hydrogens is 506 g/mol. The molecule has 0 aliphatic rings. The van der Waals surface area contributed by atoms with Gasteiger partial charge in [-0.2, -0.15) is 12.1 Å². The summed E-state index contributed by atoms with van der Waals surface area (Å²) in [6.07, 6.45) is 0.499. The van der Waals surface area contributed by atoms with E-state index in [1.807, 2.05) is 0 Å². The highest BCUT2D eigenvalue weighted by atomic mass is 32.3. The molecule has 0 saturated heterocycles. The summed E-state index contributed by atoms with van der Waals surface area (Å²) in [5.41, 5.74) is 1.16. The third kappa shape index (κ3) is 5.00. The van der Waals surface area contributed by atoms with Gasteiger partial charge in [-0.3, -0.25) is 0 Å². The van der Waals surface area contributed by atoms with Crippen molar-refractivity contribution in [3.63, 3.8) is 0 Å². The fourth-order valence-electron chi connectivity index (χ4n) is 3.68. The highest BCUT2D eigenvalue weighted by molar-refractivity contribution is 8.11. The highest BCUT2D eigenvalue weighted by Gasteiger charge is 2.38. The second-order valence-corrected chi connectivity index (χ2v) is 12.5. The summed E-state index contributed by atoms with van der Waals surface area (Å²) in [5.74, 6) is -1.07. The van der Waals surface area contributed by atoms with Crippen LogP contribution in [0.15, 0.2) is 105 Å². The molecule has 0 aliphatic heterocycles. The number of benzene rings is 3. The van der Waals surface area contributed by atoms with Crippen LogP contribution in [-0.2, 0) is 32.9 Å². The third-order valence-corrected chi connectivity index (χ3v) is 10.9.